The average Bonchev–Trinajstić information content (AvgIpc) is 3.13. The molecule has 2 aromatic heterocycles. The molecule has 0 radical (unpaired) electrons. The fraction of sp³-hybridized carbons (Fsp3) is 0. The van der Waals surface area contributed by atoms with Gasteiger partial charge in [0.1, 0.15) is 0 Å². The van der Waals surface area contributed by atoms with Crippen LogP contribution in [0, 0.1) is 0 Å². The summed E-state index contributed by atoms with van der Waals surface area (Å²) in [5.74, 6) is 0. The van der Waals surface area contributed by atoms with E-state index in [1.807, 2.05) is 12.4 Å². The normalized spacial score (nSPS) is 11.9. The Morgan fingerprint density at radius 1 is 0.261 bits per heavy atom. The SMILES string of the molecule is c1ccc2c(c1)cc(-c1cc3c(cc(-c4cc5ccccc5c5ccccc45)c4cccnc43)c3ncccc13)c1ccccc12. The second-order valence-electron chi connectivity index (χ2n) is 12.1. The monoisotopic (exact) mass is 582 g/mol. The molecule has 0 amide bonds. The van der Waals surface area contributed by atoms with Crippen LogP contribution in [0.15, 0.2) is 158 Å². The Balaban J connectivity index is 1.36. The number of hydrogen-bond acceptors (Lipinski definition) is 2. The van der Waals surface area contributed by atoms with Crippen LogP contribution in [0.3, 0.4) is 0 Å². The Hall–Kier alpha value is -6.12. The second kappa shape index (κ2) is 9.69. The van der Waals surface area contributed by atoms with Crippen molar-refractivity contribution < 1.29 is 0 Å². The summed E-state index contributed by atoms with van der Waals surface area (Å²) < 4.78 is 0. The summed E-state index contributed by atoms with van der Waals surface area (Å²) in [6.45, 7) is 0. The molecule has 0 spiro atoms. The number of aromatic nitrogens is 2. The van der Waals surface area contributed by atoms with Gasteiger partial charge in [-0.25, -0.2) is 0 Å². The summed E-state index contributed by atoms with van der Waals surface area (Å²) in [7, 11) is 0. The number of nitrogens with zero attached hydrogens (tertiary/aromatic N) is 2. The fourth-order valence-corrected chi connectivity index (χ4v) is 7.67. The Morgan fingerprint density at radius 2 is 0.609 bits per heavy atom. The Labute approximate surface area is 265 Å². The minimum Gasteiger partial charge on any atom is -0.256 e. The lowest BCUT2D eigenvalue weighted by Gasteiger charge is -2.18. The minimum atomic E-state index is 0.992. The molecule has 8 aromatic carbocycles. The number of pyridine rings is 2. The van der Waals surface area contributed by atoms with Crippen LogP contribution in [0.1, 0.15) is 0 Å². The van der Waals surface area contributed by atoms with E-state index in [4.69, 9.17) is 9.97 Å². The fourth-order valence-electron chi connectivity index (χ4n) is 7.67. The lowest BCUT2D eigenvalue weighted by atomic mass is 9.87. The molecule has 2 heterocycles. The largest absolute Gasteiger partial charge is 0.256 e. The van der Waals surface area contributed by atoms with Gasteiger partial charge < -0.3 is 0 Å². The molecule has 0 saturated carbocycles. The van der Waals surface area contributed by atoms with Gasteiger partial charge >= 0.3 is 0 Å². The minimum absolute atomic E-state index is 0.992. The quantitative estimate of drug-likeness (QED) is 0.190. The van der Waals surface area contributed by atoms with E-state index >= 15 is 0 Å². The van der Waals surface area contributed by atoms with Gasteiger partial charge in [0.05, 0.1) is 11.0 Å². The third-order valence-corrected chi connectivity index (χ3v) is 9.69. The highest BCUT2D eigenvalue weighted by Crippen LogP contribution is 2.45. The smallest absolute Gasteiger partial charge is 0.0787 e. The molecule has 46 heavy (non-hydrogen) atoms. The Kier molecular flexibility index (Phi) is 5.31. The van der Waals surface area contributed by atoms with Crippen molar-refractivity contribution in [3.05, 3.63) is 158 Å². The van der Waals surface area contributed by atoms with E-state index in [0.717, 1.165) is 32.6 Å². The molecular weight excluding hydrogens is 556 g/mol. The zero-order valence-electron chi connectivity index (χ0n) is 24.9. The molecule has 0 fully saturated rings. The highest BCUT2D eigenvalue weighted by atomic mass is 14.7. The van der Waals surface area contributed by atoms with Crippen LogP contribution in [-0.4, -0.2) is 9.97 Å². The first kappa shape index (κ1) is 25.2. The van der Waals surface area contributed by atoms with E-state index < -0.39 is 0 Å². The molecular formula is C44H26N2. The highest BCUT2D eigenvalue weighted by molar-refractivity contribution is 6.26. The van der Waals surface area contributed by atoms with E-state index in [-0.39, 0.29) is 0 Å². The van der Waals surface area contributed by atoms with Gasteiger partial charge in [0.2, 0.25) is 0 Å². The molecule has 10 aromatic rings. The number of hydrogen-bond donors (Lipinski definition) is 0. The third kappa shape index (κ3) is 3.59. The van der Waals surface area contributed by atoms with E-state index in [0.29, 0.717) is 0 Å². The summed E-state index contributed by atoms with van der Waals surface area (Å²) in [6, 6.07) is 52.8. The van der Waals surface area contributed by atoms with Gasteiger partial charge in [-0.1, -0.05) is 109 Å². The van der Waals surface area contributed by atoms with E-state index in [2.05, 4.69) is 146 Å². The summed E-state index contributed by atoms with van der Waals surface area (Å²) >= 11 is 0. The van der Waals surface area contributed by atoms with Gasteiger partial charge in [-0.3, -0.25) is 9.97 Å². The van der Waals surface area contributed by atoms with Crippen LogP contribution in [0.2, 0.25) is 0 Å². The van der Waals surface area contributed by atoms with Crippen LogP contribution < -0.4 is 0 Å². The molecule has 2 heteroatoms. The molecule has 212 valence electrons. The number of fused-ring (bicyclic) bond motifs is 11. The molecule has 0 aliphatic heterocycles. The first-order valence-corrected chi connectivity index (χ1v) is 15.7. The van der Waals surface area contributed by atoms with Gasteiger partial charge in [-0.15, -0.1) is 0 Å². The topological polar surface area (TPSA) is 25.8 Å². The summed E-state index contributed by atoms with van der Waals surface area (Å²) in [6.07, 6.45) is 3.83. The van der Waals surface area contributed by atoms with Crippen molar-refractivity contribution in [2.45, 2.75) is 0 Å². The van der Waals surface area contributed by atoms with Crippen molar-refractivity contribution in [1.29, 1.82) is 0 Å². The van der Waals surface area contributed by atoms with Crippen molar-refractivity contribution >= 4 is 75.7 Å². The van der Waals surface area contributed by atoms with Gasteiger partial charge in [-0.2, -0.15) is 0 Å². The molecule has 2 nitrogen and oxygen atoms in total. The average molecular weight is 583 g/mol. The lowest BCUT2D eigenvalue weighted by Crippen LogP contribution is -1.93. The van der Waals surface area contributed by atoms with Crippen molar-refractivity contribution in [3.63, 3.8) is 0 Å². The molecule has 0 aliphatic carbocycles. The second-order valence-corrected chi connectivity index (χ2v) is 12.1. The number of rotatable bonds is 2. The first-order chi connectivity index (χ1) is 22.8. The Morgan fingerprint density at radius 3 is 1.07 bits per heavy atom. The third-order valence-electron chi connectivity index (χ3n) is 9.69. The van der Waals surface area contributed by atoms with Crippen LogP contribution in [0.4, 0.5) is 0 Å². The van der Waals surface area contributed by atoms with Gasteiger partial charge in [-0.05, 0) is 102 Å². The summed E-state index contributed by atoms with van der Waals surface area (Å²) in [5.41, 5.74) is 6.75. The summed E-state index contributed by atoms with van der Waals surface area (Å²) in [5, 5.41) is 14.5. The summed E-state index contributed by atoms with van der Waals surface area (Å²) in [4.78, 5) is 10.1. The molecule has 0 N–H and O–H groups in total. The predicted molar refractivity (Wildman–Crippen MR) is 195 cm³/mol. The van der Waals surface area contributed by atoms with Crippen molar-refractivity contribution in [1.82, 2.24) is 9.97 Å². The maximum atomic E-state index is 5.06. The lowest BCUT2D eigenvalue weighted by molar-refractivity contribution is 1.41. The van der Waals surface area contributed by atoms with Gasteiger partial charge in [0.25, 0.3) is 0 Å². The molecule has 0 unspecified atom stereocenters. The Bertz CT molecular complexity index is 2670. The van der Waals surface area contributed by atoms with Crippen LogP contribution in [0.25, 0.3) is 97.9 Å². The van der Waals surface area contributed by atoms with Gasteiger partial charge in [0, 0.05) is 33.9 Å². The van der Waals surface area contributed by atoms with Crippen LogP contribution >= 0.6 is 0 Å². The molecule has 0 atom stereocenters. The molecule has 0 aliphatic rings. The van der Waals surface area contributed by atoms with Crippen LogP contribution in [-0.2, 0) is 0 Å². The van der Waals surface area contributed by atoms with Crippen molar-refractivity contribution in [3.8, 4) is 22.3 Å². The predicted octanol–water partition coefficient (Wildman–Crippen LogP) is 11.9. The van der Waals surface area contributed by atoms with E-state index in [9.17, 15) is 0 Å². The number of benzene rings is 8. The highest BCUT2D eigenvalue weighted by Gasteiger charge is 2.19. The van der Waals surface area contributed by atoms with E-state index in [1.54, 1.807) is 0 Å². The molecule has 10 rings (SSSR count). The van der Waals surface area contributed by atoms with Crippen LogP contribution in [0.5, 0.6) is 0 Å². The zero-order chi connectivity index (χ0) is 30.2. The standard InChI is InChI=1S/C44H26N2/c1-3-13-29-27(11-1)23-37(33-17-7-5-15-31(29)33)39-25-41-42(43-35(39)19-9-21-45-43)26-40(36-20-10-22-46-44(36)41)38-24-28-12-2-4-14-30(28)32-16-6-8-18-34(32)38/h1-26H. The molecule has 0 saturated heterocycles. The maximum Gasteiger partial charge on any atom is 0.0787 e. The van der Waals surface area contributed by atoms with E-state index in [1.165, 1.54) is 65.3 Å². The zero-order valence-corrected chi connectivity index (χ0v) is 24.9. The van der Waals surface area contributed by atoms with Gasteiger partial charge in [0.15, 0.2) is 0 Å². The molecule has 0 bridgehead atoms. The first-order valence-electron chi connectivity index (χ1n) is 15.7. The van der Waals surface area contributed by atoms with Crippen molar-refractivity contribution in [2.75, 3.05) is 0 Å². The maximum absolute atomic E-state index is 5.06. The van der Waals surface area contributed by atoms with Crippen molar-refractivity contribution in [2.24, 2.45) is 0 Å².